The van der Waals surface area contributed by atoms with Crippen LogP contribution in [-0.2, 0) is 4.79 Å². The molecule has 1 N–H and O–H groups in total. The van der Waals surface area contributed by atoms with E-state index in [1.807, 2.05) is 24.3 Å². The van der Waals surface area contributed by atoms with Crippen LogP contribution in [0.4, 0.5) is 5.88 Å². The number of aromatic nitrogens is 1. The predicted molar refractivity (Wildman–Crippen MR) is 79.4 cm³/mol. The molecule has 1 aromatic carbocycles. The third-order valence-corrected chi connectivity index (χ3v) is 3.46. The molecular weight excluding hydrogens is 268 g/mol. The second kappa shape index (κ2) is 5.28. The Labute approximate surface area is 121 Å². The average molecular weight is 282 g/mol. The third kappa shape index (κ3) is 2.33. The van der Waals surface area contributed by atoms with Gasteiger partial charge in [-0.1, -0.05) is 18.2 Å². The van der Waals surface area contributed by atoms with Gasteiger partial charge in [0.2, 0.25) is 5.91 Å². The fourth-order valence-corrected chi connectivity index (χ4v) is 2.35. The van der Waals surface area contributed by atoms with Gasteiger partial charge in [-0.2, -0.15) is 0 Å². The summed E-state index contributed by atoms with van der Waals surface area (Å²) >= 11 is 0. The molecule has 1 amide bonds. The van der Waals surface area contributed by atoms with Crippen molar-refractivity contribution in [2.45, 2.75) is 13.0 Å². The SMILES string of the molecule is C[C@@H](C(=O)Nc1ccco1)n1cc(C=O)c2ccccc21. The Kier molecular flexibility index (Phi) is 3.31. The Balaban J connectivity index is 1.96. The Bertz CT molecular complexity index is 787. The molecule has 0 spiro atoms. The molecule has 21 heavy (non-hydrogen) atoms. The molecule has 0 bridgehead atoms. The van der Waals surface area contributed by atoms with Crippen molar-refractivity contribution in [3.8, 4) is 0 Å². The summed E-state index contributed by atoms with van der Waals surface area (Å²) in [5.41, 5.74) is 1.42. The van der Waals surface area contributed by atoms with Crippen molar-refractivity contribution < 1.29 is 14.0 Å². The van der Waals surface area contributed by atoms with Gasteiger partial charge in [-0.15, -0.1) is 0 Å². The Morgan fingerprint density at radius 3 is 2.81 bits per heavy atom. The van der Waals surface area contributed by atoms with Gasteiger partial charge in [-0.25, -0.2) is 0 Å². The van der Waals surface area contributed by atoms with E-state index in [9.17, 15) is 9.59 Å². The van der Waals surface area contributed by atoms with Crippen LogP contribution in [0.5, 0.6) is 0 Å². The maximum atomic E-state index is 12.3. The predicted octanol–water partition coefficient (Wildman–Crippen LogP) is 3.25. The quantitative estimate of drug-likeness (QED) is 0.747. The highest BCUT2D eigenvalue weighted by Crippen LogP contribution is 2.24. The second-order valence-corrected chi connectivity index (χ2v) is 4.77. The van der Waals surface area contributed by atoms with Gasteiger partial charge in [-0.3, -0.25) is 14.9 Å². The zero-order valence-electron chi connectivity index (χ0n) is 11.4. The summed E-state index contributed by atoms with van der Waals surface area (Å²) in [6, 6.07) is 10.4. The minimum absolute atomic E-state index is 0.205. The van der Waals surface area contributed by atoms with E-state index in [1.165, 1.54) is 6.26 Å². The van der Waals surface area contributed by atoms with Crippen LogP contribution in [0.1, 0.15) is 23.3 Å². The van der Waals surface area contributed by atoms with Crippen molar-refractivity contribution in [3.63, 3.8) is 0 Å². The van der Waals surface area contributed by atoms with E-state index < -0.39 is 6.04 Å². The minimum atomic E-state index is -0.464. The first kappa shape index (κ1) is 13.2. The van der Waals surface area contributed by atoms with E-state index in [0.717, 1.165) is 17.2 Å². The van der Waals surface area contributed by atoms with Crippen molar-refractivity contribution in [1.29, 1.82) is 0 Å². The van der Waals surface area contributed by atoms with E-state index in [1.54, 1.807) is 29.8 Å². The van der Waals surface area contributed by atoms with Crippen molar-refractivity contribution in [2.75, 3.05) is 5.32 Å². The summed E-state index contributed by atoms with van der Waals surface area (Å²) in [6.07, 6.45) is 4.00. The molecule has 0 aliphatic rings. The zero-order chi connectivity index (χ0) is 14.8. The lowest BCUT2D eigenvalue weighted by Gasteiger charge is -2.14. The first-order valence-electron chi connectivity index (χ1n) is 6.60. The number of carbonyl (C=O) groups is 2. The number of anilines is 1. The van der Waals surface area contributed by atoms with Crippen LogP contribution in [0.2, 0.25) is 0 Å². The molecule has 0 aliphatic carbocycles. The van der Waals surface area contributed by atoms with Crippen LogP contribution >= 0.6 is 0 Å². The first-order valence-corrected chi connectivity index (χ1v) is 6.60. The van der Waals surface area contributed by atoms with Crippen molar-refractivity contribution >= 4 is 29.0 Å². The summed E-state index contributed by atoms with van der Waals surface area (Å²) < 4.78 is 6.90. The Morgan fingerprint density at radius 2 is 2.10 bits per heavy atom. The van der Waals surface area contributed by atoms with Gasteiger partial charge in [0.05, 0.1) is 6.26 Å². The largest absolute Gasteiger partial charge is 0.449 e. The number of para-hydroxylation sites is 1. The van der Waals surface area contributed by atoms with Gasteiger partial charge in [0, 0.05) is 28.7 Å². The number of hydrogen-bond acceptors (Lipinski definition) is 3. The number of fused-ring (bicyclic) bond motifs is 1. The lowest BCUT2D eigenvalue weighted by Crippen LogP contribution is -2.22. The molecule has 2 aromatic heterocycles. The molecule has 0 saturated carbocycles. The lowest BCUT2D eigenvalue weighted by atomic mass is 10.2. The van der Waals surface area contributed by atoms with Crippen LogP contribution < -0.4 is 5.32 Å². The molecule has 3 aromatic rings. The van der Waals surface area contributed by atoms with Crippen LogP contribution in [0.15, 0.2) is 53.3 Å². The van der Waals surface area contributed by atoms with Crippen LogP contribution in [0.25, 0.3) is 10.9 Å². The monoisotopic (exact) mass is 282 g/mol. The van der Waals surface area contributed by atoms with Crippen LogP contribution in [0, 0.1) is 0 Å². The fourth-order valence-electron chi connectivity index (χ4n) is 2.35. The highest BCUT2D eigenvalue weighted by molar-refractivity contribution is 5.99. The maximum absolute atomic E-state index is 12.3. The van der Waals surface area contributed by atoms with E-state index in [0.29, 0.717) is 11.4 Å². The molecule has 106 valence electrons. The van der Waals surface area contributed by atoms with E-state index in [-0.39, 0.29) is 5.91 Å². The maximum Gasteiger partial charge on any atom is 0.249 e. The van der Waals surface area contributed by atoms with Crippen molar-refractivity contribution in [3.05, 3.63) is 54.4 Å². The molecule has 1 atom stereocenters. The minimum Gasteiger partial charge on any atom is -0.449 e. The third-order valence-electron chi connectivity index (χ3n) is 3.46. The van der Waals surface area contributed by atoms with E-state index in [4.69, 9.17) is 4.42 Å². The van der Waals surface area contributed by atoms with Crippen molar-refractivity contribution in [2.24, 2.45) is 0 Å². The number of amides is 1. The van der Waals surface area contributed by atoms with Gasteiger partial charge in [0.25, 0.3) is 0 Å². The molecule has 3 rings (SSSR count). The number of hydrogen-bond donors (Lipinski definition) is 1. The van der Waals surface area contributed by atoms with Gasteiger partial charge >= 0.3 is 0 Å². The highest BCUT2D eigenvalue weighted by Gasteiger charge is 2.19. The molecule has 0 aliphatic heterocycles. The summed E-state index contributed by atoms with van der Waals surface area (Å²) in [4.78, 5) is 23.4. The first-order chi connectivity index (χ1) is 10.2. The van der Waals surface area contributed by atoms with Crippen LogP contribution in [0.3, 0.4) is 0 Å². The molecule has 5 nitrogen and oxygen atoms in total. The lowest BCUT2D eigenvalue weighted by molar-refractivity contribution is -0.118. The topological polar surface area (TPSA) is 64.2 Å². The molecule has 0 saturated heterocycles. The summed E-state index contributed by atoms with van der Waals surface area (Å²) in [5, 5.41) is 3.54. The highest BCUT2D eigenvalue weighted by atomic mass is 16.3. The van der Waals surface area contributed by atoms with Crippen LogP contribution in [-0.4, -0.2) is 16.8 Å². The molecule has 5 heteroatoms. The normalized spacial score (nSPS) is 12.2. The van der Waals surface area contributed by atoms with Crippen molar-refractivity contribution in [1.82, 2.24) is 4.57 Å². The van der Waals surface area contributed by atoms with Gasteiger partial charge in [0.15, 0.2) is 12.2 Å². The number of nitrogens with zero attached hydrogens (tertiary/aromatic N) is 1. The van der Waals surface area contributed by atoms with Gasteiger partial charge in [-0.05, 0) is 19.1 Å². The molecule has 0 radical (unpaired) electrons. The second-order valence-electron chi connectivity index (χ2n) is 4.77. The molecule has 2 heterocycles. The number of aldehydes is 1. The molecule has 0 unspecified atom stereocenters. The number of benzene rings is 1. The van der Waals surface area contributed by atoms with Gasteiger partial charge < -0.3 is 8.98 Å². The van der Waals surface area contributed by atoms with Gasteiger partial charge in [0.1, 0.15) is 6.04 Å². The Hall–Kier alpha value is -2.82. The number of rotatable bonds is 4. The summed E-state index contributed by atoms with van der Waals surface area (Å²) in [6.45, 7) is 1.78. The van der Waals surface area contributed by atoms with E-state index in [2.05, 4.69) is 5.32 Å². The zero-order valence-corrected chi connectivity index (χ0v) is 11.4. The number of nitrogens with one attached hydrogen (secondary N) is 1. The summed E-state index contributed by atoms with van der Waals surface area (Å²) in [5.74, 6) is 0.196. The molecular formula is C16H14N2O3. The number of furan rings is 1. The van der Waals surface area contributed by atoms with E-state index >= 15 is 0 Å². The summed E-state index contributed by atoms with van der Waals surface area (Å²) in [7, 11) is 0. The smallest absolute Gasteiger partial charge is 0.249 e. The standard InChI is InChI=1S/C16H14N2O3/c1-11(16(20)17-15-7-4-8-21-15)18-9-12(10-19)13-5-2-3-6-14(13)18/h2-11H,1H3,(H,17,20)/t11-/m0/s1. The Morgan fingerprint density at radius 1 is 1.29 bits per heavy atom. The average Bonchev–Trinajstić information content (AvgIpc) is 3.13. The molecule has 0 fully saturated rings. The fraction of sp³-hybridized carbons (Fsp3) is 0.125. The number of carbonyl (C=O) groups excluding carboxylic acids is 2.